The number of carbonyl (C=O) groups is 1. The third kappa shape index (κ3) is 7.28. The molecule has 0 aliphatic carbocycles. The Bertz CT molecular complexity index is 1490. The van der Waals surface area contributed by atoms with E-state index in [2.05, 4.69) is 16.4 Å². The van der Waals surface area contributed by atoms with E-state index < -0.39 is 36.4 Å². The van der Waals surface area contributed by atoms with Crippen molar-refractivity contribution in [3.8, 4) is 17.6 Å². The van der Waals surface area contributed by atoms with Crippen LogP contribution in [0.15, 0.2) is 47.0 Å². The van der Waals surface area contributed by atoms with Gasteiger partial charge >= 0.3 is 13.1 Å². The second-order valence-corrected chi connectivity index (χ2v) is 12.7. The number of aliphatic hydroxyl groups excluding tert-OH is 1. The molecular weight excluding hydrogens is 585 g/mol. The standard InChI is InChI=1S/C32H39BClN3O7/c1-20-23(8-7-9-25(20)33-43-30(2,3)31(4,5)44-33)18-42-28-12-27(41-17-22-10-21(13-35)14-36-15-22)24(11-26(28)34)16-37-32(6,19-38)29(39)40/h7-12,15,21,37-38H,14,16-19H2,1-6H3,(H,39,40)/t21?,32-/m1/s1. The number of dihydropyridines is 1. The van der Waals surface area contributed by atoms with Crippen LogP contribution in [0.5, 0.6) is 11.5 Å². The summed E-state index contributed by atoms with van der Waals surface area (Å²) in [5.41, 5.74) is 1.62. The van der Waals surface area contributed by atoms with Crippen LogP contribution in [0, 0.1) is 24.2 Å². The van der Waals surface area contributed by atoms with Gasteiger partial charge in [0.1, 0.15) is 30.3 Å². The molecule has 0 amide bonds. The van der Waals surface area contributed by atoms with Gasteiger partial charge in [0.15, 0.2) is 0 Å². The first-order valence-electron chi connectivity index (χ1n) is 14.4. The summed E-state index contributed by atoms with van der Waals surface area (Å²) in [5, 5.41) is 31.7. The summed E-state index contributed by atoms with van der Waals surface area (Å²) in [6, 6.07) is 11.4. The predicted molar refractivity (Wildman–Crippen MR) is 169 cm³/mol. The zero-order chi connectivity index (χ0) is 32.3. The third-order valence-corrected chi connectivity index (χ3v) is 8.78. The molecule has 0 radical (unpaired) electrons. The third-order valence-electron chi connectivity index (χ3n) is 8.49. The highest BCUT2D eigenvalue weighted by Gasteiger charge is 2.52. The zero-order valence-electron chi connectivity index (χ0n) is 25.9. The minimum atomic E-state index is -1.57. The van der Waals surface area contributed by atoms with Crippen molar-refractivity contribution in [2.75, 3.05) is 19.8 Å². The van der Waals surface area contributed by atoms with Crippen molar-refractivity contribution in [1.29, 1.82) is 5.26 Å². The summed E-state index contributed by atoms with van der Waals surface area (Å²) in [5.74, 6) is -0.757. The molecule has 1 fully saturated rings. The number of aliphatic hydroxyl groups is 1. The summed E-state index contributed by atoms with van der Waals surface area (Å²) in [6.45, 7) is 11.6. The Morgan fingerprint density at radius 2 is 1.86 bits per heavy atom. The fourth-order valence-electron chi connectivity index (χ4n) is 4.65. The number of rotatable bonds is 12. The average molecular weight is 624 g/mol. The lowest BCUT2D eigenvalue weighted by molar-refractivity contribution is -0.145. The fraction of sp³-hybridized carbons (Fsp3) is 0.469. The number of carboxylic acids is 1. The van der Waals surface area contributed by atoms with Crippen molar-refractivity contribution in [3.05, 3.63) is 63.7 Å². The van der Waals surface area contributed by atoms with E-state index in [9.17, 15) is 20.3 Å². The van der Waals surface area contributed by atoms with Crippen LogP contribution in [0.4, 0.5) is 0 Å². The number of nitrogens with one attached hydrogen (secondary N) is 1. The second kappa shape index (κ2) is 13.3. The first-order chi connectivity index (χ1) is 20.7. The van der Waals surface area contributed by atoms with E-state index in [1.54, 1.807) is 24.4 Å². The molecule has 2 aromatic carbocycles. The Balaban J connectivity index is 1.57. The van der Waals surface area contributed by atoms with Crippen LogP contribution < -0.4 is 20.3 Å². The molecule has 2 aliphatic rings. The monoisotopic (exact) mass is 623 g/mol. The molecule has 4 rings (SSSR count). The van der Waals surface area contributed by atoms with Crippen molar-refractivity contribution in [1.82, 2.24) is 5.32 Å². The van der Waals surface area contributed by atoms with E-state index in [-0.39, 0.29) is 25.7 Å². The average Bonchev–Trinajstić information content (AvgIpc) is 3.21. The number of aliphatic carboxylic acids is 1. The predicted octanol–water partition coefficient (Wildman–Crippen LogP) is 3.98. The lowest BCUT2D eigenvalue weighted by Crippen LogP contribution is -2.52. The Kier molecular flexibility index (Phi) is 10.1. The molecule has 3 N–H and O–H groups in total. The Labute approximate surface area is 263 Å². The number of hydrogen-bond acceptors (Lipinski definition) is 9. The van der Waals surface area contributed by atoms with Crippen LogP contribution >= 0.6 is 11.6 Å². The van der Waals surface area contributed by atoms with Gasteiger partial charge in [-0.1, -0.05) is 35.9 Å². The van der Waals surface area contributed by atoms with Crippen LogP contribution in [0.2, 0.25) is 5.02 Å². The SMILES string of the molecule is Cc1c(COc2cc(OCC3=CC(C#N)CN=C3)c(CN[C@](C)(CO)C(=O)O)cc2Cl)cccc1B1OC(C)(C)C(C)(C)O1. The van der Waals surface area contributed by atoms with E-state index in [1.807, 2.05) is 52.8 Å². The number of nitrogens with zero attached hydrogens (tertiary/aromatic N) is 2. The maximum atomic E-state index is 11.7. The first kappa shape index (κ1) is 33.5. The highest BCUT2D eigenvalue weighted by molar-refractivity contribution is 6.62. The molecule has 44 heavy (non-hydrogen) atoms. The van der Waals surface area contributed by atoms with Gasteiger partial charge in [-0.15, -0.1) is 0 Å². The molecule has 10 nitrogen and oxygen atoms in total. The van der Waals surface area contributed by atoms with E-state index in [0.717, 1.165) is 22.2 Å². The molecule has 2 atom stereocenters. The Morgan fingerprint density at radius 3 is 2.50 bits per heavy atom. The second-order valence-electron chi connectivity index (χ2n) is 12.3. The van der Waals surface area contributed by atoms with Crippen molar-refractivity contribution < 1.29 is 33.8 Å². The normalized spacial score (nSPS) is 20.0. The quantitative estimate of drug-likeness (QED) is 0.299. The minimum Gasteiger partial charge on any atom is -0.488 e. The number of benzene rings is 2. The van der Waals surface area contributed by atoms with Crippen molar-refractivity contribution in [2.45, 2.75) is 71.4 Å². The smallest absolute Gasteiger partial charge is 0.488 e. The highest BCUT2D eigenvalue weighted by atomic mass is 35.5. The van der Waals surface area contributed by atoms with E-state index in [1.165, 1.54) is 6.92 Å². The van der Waals surface area contributed by atoms with Gasteiger partial charge < -0.3 is 29.0 Å². The molecule has 1 unspecified atom stereocenters. The fourth-order valence-corrected chi connectivity index (χ4v) is 4.89. The lowest BCUT2D eigenvalue weighted by atomic mass is 9.75. The van der Waals surface area contributed by atoms with Gasteiger partial charge in [0, 0.05) is 30.0 Å². The van der Waals surface area contributed by atoms with Crippen molar-refractivity contribution in [3.63, 3.8) is 0 Å². The number of hydrogen-bond donors (Lipinski definition) is 3. The van der Waals surface area contributed by atoms with E-state index in [4.69, 9.17) is 30.4 Å². The van der Waals surface area contributed by atoms with Crippen LogP contribution in [0.25, 0.3) is 0 Å². The first-order valence-corrected chi connectivity index (χ1v) is 14.8. The van der Waals surface area contributed by atoms with Gasteiger partial charge in [-0.25, -0.2) is 0 Å². The van der Waals surface area contributed by atoms with Gasteiger partial charge in [-0.2, -0.15) is 5.26 Å². The highest BCUT2D eigenvalue weighted by Crippen LogP contribution is 2.37. The molecule has 0 saturated carbocycles. The van der Waals surface area contributed by atoms with Crippen molar-refractivity contribution in [2.24, 2.45) is 10.9 Å². The van der Waals surface area contributed by atoms with Gasteiger partial charge in [0.2, 0.25) is 0 Å². The van der Waals surface area contributed by atoms with Gasteiger partial charge in [-0.3, -0.25) is 15.1 Å². The molecule has 234 valence electrons. The number of halogens is 1. The maximum Gasteiger partial charge on any atom is 0.495 e. The van der Waals surface area contributed by atoms with Crippen LogP contribution in [-0.2, 0) is 27.3 Å². The van der Waals surface area contributed by atoms with E-state index in [0.29, 0.717) is 28.6 Å². The molecule has 12 heteroatoms. The number of nitriles is 1. The maximum absolute atomic E-state index is 11.7. The molecule has 2 aromatic rings. The Hall–Kier alpha value is -3.40. The number of aliphatic imine (C=N–C) groups is 1. The molecule has 0 aromatic heterocycles. The van der Waals surface area contributed by atoms with Crippen molar-refractivity contribution >= 4 is 36.4 Å². The topological polar surface area (TPSA) is 143 Å². The van der Waals surface area contributed by atoms with Gasteiger partial charge in [-0.05, 0) is 64.2 Å². The largest absolute Gasteiger partial charge is 0.495 e. The molecule has 2 heterocycles. The molecule has 0 bridgehead atoms. The molecular formula is C32H39BClN3O7. The summed E-state index contributed by atoms with van der Waals surface area (Å²) < 4.78 is 24.9. The van der Waals surface area contributed by atoms with Gasteiger partial charge in [0.05, 0.1) is 41.4 Å². The summed E-state index contributed by atoms with van der Waals surface area (Å²) in [4.78, 5) is 16.0. The molecule has 2 aliphatic heterocycles. The summed E-state index contributed by atoms with van der Waals surface area (Å²) in [7, 11) is -0.510. The number of carboxylic acid groups (broad SMARTS) is 1. The van der Waals surface area contributed by atoms with Crippen LogP contribution in [0.3, 0.4) is 0 Å². The summed E-state index contributed by atoms with van der Waals surface area (Å²) in [6.07, 6.45) is 3.48. The molecule has 1 saturated heterocycles. The Morgan fingerprint density at radius 1 is 1.18 bits per heavy atom. The lowest BCUT2D eigenvalue weighted by Gasteiger charge is -2.32. The number of ether oxygens (including phenoxy) is 2. The van der Waals surface area contributed by atoms with Crippen LogP contribution in [0.1, 0.15) is 51.3 Å². The van der Waals surface area contributed by atoms with E-state index >= 15 is 0 Å². The summed E-state index contributed by atoms with van der Waals surface area (Å²) >= 11 is 6.66. The molecule has 0 spiro atoms. The van der Waals surface area contributed by atoms with Crippen LogP contribution in [-0.4, -0.2) is 66.0 Å². The zero-order valence-corrected chi connectivity index (χ0v) is 26.7. The van der Waals surface area contributed by atoms with Gasteiger partial charge in [0.25, 0.3) is 0 Å². The minimum absolute atomic E-state index is 0.0435.